The van der Waals surface area contributed by atoms with Gasteiger partial charge in [-0.25, -0.2) is 13.2 Å². The lowest BCUT2D eigenvalue weighted by atomic mass is 10.1. The Kier molecular flexibility index (Phi) is 7.16. The Morgan fingerprint density at radius 3 is 2.48 bits per heavy atom. The van der Waals surface area contributed by atoms with E-state index in [0.717, 1.165) is 17.0 Å². The van der Waals surface area contributed by atoms with Gasteiger partial charge in [0.05, 0.1) is 10.6 Å². The first-order valence-corrected chi connectivity index (χ1v) is 8.70. The Morgan fingerprint density at radius 1 is 1.17 bits per heavy atom. The molecule has 0 saturated heterocycles. The first kappa shape index (κ1) is 22.2. The van der Waals surface area contributed by atoms with Crippen LogP contribution in [0.1, 0.15) is 23.7 Å². The minimum atomic E-state index is -1.75. The van der Waals surface area contributed by atoms with E-state index >= 15 is 0 Å². The zero-order valence-corrected chi connectivity index (χ0v) is 15.8. The third-order valence-corrected chi connectivity index (χ3v) is 4.05. The van der Waals surface area contributed by atoms with E-state index in [1.54, 1.807) is 6.92 Å². The molecule has 0 aromatic heterocycles. The lowest BCUT2D eigenvalue weighted by Gasteiger charge is -2.21. The number of hydrogen-bond donors (Lipinski definition) is 1. The van der Waals surface area contributed by atoms with Crippen molar-refractivity contribution < 1.29 is 27.7 Å². The summed E-state index contributed by atoms with van der Waals surface area (Å²) < 4.78 is 40.0. The second-order valence-electron chi connectivity index (χ2n) is 5.92. The quantitative estimate of drug-likeness (QED) is 0.406. The summed E-state index contributed by atoms with van der Waals surface area (Å²) in [4.78, 5) is 36.4. The summed E-state index contributed by atoms with van der Waals surface area (Å²) in [5, 5.41) is 13.3. The molecule has 2 aromatic carbocycles. The summed E-state index contributed by atoms with van der Waals surface area (Å²) >= 11 is 5.73. The van der Waals surface area contributed by atoms with Crippen molar-refractivity contribution in [2.24, 2.45) is 0 Å². The Hall–Kier alpha value is -3.14. The van der Waals surface area contributed by atoms with Crippen LogP contribution in [0.15, 0.2) is 30.3 Å². The number of carbonyl (C=O) groups excluding carboxylic acids is 2. The van der Waals surface area contributed by atoms with E-state index in [0.29, 0.717) is 12.5 Å². The number of amides is 2. The standard InChI is InChI=1S/C18H15ClF3N3O4/c1-2-7-24(18(27)11-4-3-10(19)8-14(11)25(28)29)9-15(26)23-13-6-5-12(20)16(21)17(13)22/h3-6,8H,2,7,9H2,1H3,(H,23,26). The van der Waals surface area contributed by atoms with Gasteiger partial charge in [0.15, 0.2) is 17.5 Å². The molecule has 11 heteroatoms. The van der Waals surface area contributed by atoms with Gasteiger partial charge in [0.25, 0.3) is 11.6 Å². The first-order valence-electron chi connectivity index (χ1n) is 8.32. The van der Waals surface area contributed by atoms with Crippen molar-refractivity contribution in [1.82, 2.24) is 4.90 Å². The average molecular weight is 430 g/mol. The summed E-state index contributed by atoms with van der Waals surface area (Å²) in [6.07, 6.45) is 0.417. The minimum Gasteiger partial charge on any atom is -0.329 e. The Labute approximate surface area is 168 Å². The molecule has 0 atom stereocenters. The molecular weight excluding hydrogens is 415 g/mol. The fourth-order valence-electron chi connectivity index (χ4n) is 2.51. The topological polar surface area (TPSA) is 92.6 Å². The molecule has 154 valence electrons. The van der Waals surface area contributed by atoms with Crippen molar-refractivity contribution in [2.45, 2.75) is 13.3 Å². The molecule has 0 aliphatic heterocycles. The zero-order valence-electron chi connectivity index (χ0n) is 15.0. The number of benzene rings is 2. The number of halogens is 4. The van der Waals surface area contributed by atoms with Crippen LogP contribution >= 0.6 is 11.6 Å². The van der Waals surface area contributed by atoms with Crippen LogP contribution in [-0.4, -0.2) is 34.7 Å². The molecule has 0 aliphatic rings. The van der Waals surface area contributed by atoms with Crippen molar-refractivity contribution in [3.05, 3.63) is 68.5 Å². The average Bonchev–Trinajstić information content (AvgIpc) is 2.67. The number of nitrogens with zero attached hydrogens (tertiary/aromatic N) is 2. The number of carbonyl (C=O) groups is 2. The molecule has 7 nitrogen and oxygen atoms in total. The summed E-state index contributed by atoms with van der Waals surface area (Å²) in [6.45, 7) is 1.18. The molecule has 0 fully saturated rings. The Balaban J connectivity index is 2.24. The highest BCUT2D eigenvalue weighted by atomic mass is 35.5. The van der Waals surface area contributed by atoms with Crippen LogP contribution in [0.4, 0.5) is 24.5 Å². The second kappa shape index (κ2) is 9.37. The lowest BCUT2D eigenvalue weighted by Crippen LogP contribution is -2.39. The highest BCUT2D eigenvalue weighted by Gasteiger charge is 2.26. The Morgan fingerprint density at radius 2 is 1.86 bits per heavy atom. The van der Waals surface area contributed by atoms with Crippen LogP contribution in [0.3, 0.4) is 0 Å². The summed E-state index contributed by atoms with van der Waals surface area (Å²) in [6, 6.07) is 4.94. The SMILES string of the molecule is CCCN(CC(=O)Nc1ccc(F)c(F)c1F)C(=O)c1ccc(Cl)cc1[N+](=O)[O-]. The van der Waals surface area contributed by atoms with E-state index in [1.807, 2.05) is 0 Å². The van der Waals surface area contributed by atoms with E-state index in [1.165, 1.54) is 12.1 Å². The van der Waals surface area contributed by atoms with Crippen molar-refractivity contribution in [2.75, 3.05) is 18.4 Å². The van der Waals surface area contributed by atoms with Gasteiger partial charge in [-0.15, -0.1) is 0 Å². The largest absolute Gasteiger partial charge is 0.329 e. The van der Waals surface area contributed by atoms with Crippen molar-refractivity contribution >= 4 is 34.8 Å². The van der Waals surface area contributed by atoms with Gasteiger partial charge in [-0.3, -0.25) is 19.7 Å². The van der Waals surface area contributed by atoms with Crippen LogP contribution in [0.2, 0.25) is 5.02 Å². The molecule has 0 unspecified atom stereocenters. The third-order valence-electron chi connectivity index (χ3n) is 3.81. The first-order chi connectivity index (χ1) is 13.6. The molecule has 1 N–H and O–H groups in total. The molecular formula is C18H15ClF3N3O4. The van der Waals surface area contributed by atoms with E-state index in [-0.39, 0.29) is 17.1 Å². The zero-order chi connectivity index (χ0) is 21.7. The van der Waals surface area contributed by atoms with Gasteiger partial charge in [-0.1, -0.05) is 18.5 Å². The van der Waals surface area contributed by atoms with Crippen LogP contribution in [-0.2, 0) is 4.79 Å². The highest BCUT2D eigenvalue weighted by Crippen LogP contribution is 2.25. The molecule has 0 spiro atoms. The second-order valence-corrected chi connectivity index (χ2v) is 6.35. The maximum absolute atomic E-state index is 13.7. The van der Waals surface area contributed by atoms with Gasteiger partial charge in [0.2, 0.25) is 5.91 Å². The molecule has 2 aromatic rings. The van der Waals surface area contributed by atoms with Gasteiger partial charge < -0.3 is 10.2 Å². The molecule has 0 bridgehead atoms. The molecule has 2 rings (SSSR count). The van der Waals surface area contributed by atoms with E-state index in [4.69, 9.17) is 11.6 Å². The van der Waals surface area contributed by atoms with Crippen LogP contribution in [0.5, 0.6) is 0 Å². The van der Waals surface area contributed by atoms with Gasteiger partial charge in [-0.05, 0) is 30.7 Å². The van der Waals surface area contributed by atoms with Crippen molar-refractivity contribution in [3.63, 3.8) is 0 Å². The molecule has 0 aliphatic carbocycles. The van der Waals surface area contributed by atoms with Crippen LogP contribution in [0.25, 0.3) is 0 Å². The van der Waals surface area contributed by atoms with Gasteiger partial charge >= 0.3 is 0 Å². The van der Waals surface area contributed by atoms with E-state index in [9.17, 15) is 32.9 Å². The number of nitro benzene ring substituents is 1. The van der Waals surface area contributed by atoms with Crippen LogP contribution in [0, 0.1) is 27.6 Å². The summed E-state index contributed by atoms with van der Waals surface area (Å²) in [5.74, 6) is -6.45. The fourth-order valence-corrected chi connectivity index (χ4v) is 2.68. The molecule has 0 radical (unpaired) electrons. The molecule has 2 amide bonds. The van der Waals surface area contributed by atoms with Gasteiger partial charge in [0, 0.05) is 17.6 Å². The number of nitrogens with one attached hydrogen (secondary N) is 1. The molecule has 0 heterocycles. The lowest BCUT2D eigenvalue weighted by molar-refractivity contribution is -0.385. The highest BCUT2D eigenvalue weighted by molar-refractivity contribution is 6.31. The van der Waals surface area contributed by atoms with E-state index < -0.39 is 52.1 Å². The third kappa shape index (κ3) is 5.23. The predicted molar refractivity (Wildman–Crippen MR) is 99.2 cm³/mol. The smallest absolute Gasteiger partial charge is 0.283 e. The normalized spacial score (nSPS) is 10.5. The summed E-state index contributed by atoms with van der Waals surface area (Å²) in [7, 11) is 0. The van der Waals surface area contributed by atoms with E-state index in [2.05, 4.69) is 5.32 Å². The van der Waals surface area contributed by atoms with Gasteiger partial charge in [0.1, 0.15) is 12.1 Å². The van der Waals surface area contributed by atoms with Crippen molar-refractivity contribution in [3.8, 4) is 0 Å². The van der Waals surface area contributed by atoms with Crippen LogP contribution < -0.4 is 5.32 Å². The maximum Gasteiger partial charge on any atom is 0.283 e. The monoisotopic (exact) mass is 429 g/mol. The molecule has 0 saturated carbocycles. The number of nitro groups is 1. The molecule has 29 heavy (non-hydrogen) atoms. The van der Waals surface area contributed by atoms with Crippen molar-refractivity contribution in [1.29, 1.82) is 0 Å². The maximum atomic E-state index is 13.7. The predicted octanol–water partition coefficient (Wildman–Crippen LogP) is 4.16. The number of rotatable bonds is 7. The fraction of sp³-hybridized carbons (Fsp3) is 0.222. The number of hydrogen-bond acceptors (Lipinski definition) is 4. The number of anilines is 1. The van der Waals surface area contributed by atoms with Gasteiger partial charge in [-0.2, -0.15) is 0 Å². The summed E-state index contributed by atoms with van der Waals surface area (Å²) in [5.41, 5.74) is -1.41. The minimum absolute atomic E-state index is 0.0573. The Bertz CT molecular complexity index is 972.